The van der Waals surface area contributed by atoms with Crippen LogP contribution in [0.5, 0.6) is 0 Å². The van der Waals surface area contributed by atoms with Gasteiger partial charge in [0.15, 0.2) is 5.60 Å². The molecule has 19 heavy (non-hydrogen) atoms. The van der Waals surface area contributed by atoms with E-state index in [1.54, 1.807) is 10.4 Å². The molecule has 6 heteroatoms. The lowest BCUT2D eigenvalue weighted by atomic mass is 9.84. The van der Waals surface area contributed by atoms with Gasteiger partial charge < -0.3 is 9.64 Å². The van der Waals surface area contributed by atoms with Crippen molar-refractivity contribution < 1.29 is 19.5 Å². The number of nitrogens with one attached hydrogen (secondary N) is 1. The highest BCUT2D eigenvalue weighted by molar-refractivity contribution is 5.86. The molecule has 0 radical (unpaired) electrons. The van der Waals surface area contributed by atoms with E-state index in [1.807, 2.05) is 0 Å². The predicted molar refractivity (Wildman–Crippen MR) is 67.7 cm³/mol. The van der Waals surface area contributed by atoms with Gasteiger partial charge >= 0.3 is 6.09 Å². The molecule has 2 aliphatic rings. The largest absolute Gasteiger partial charge is 0.433 e. The number of likely N-dealkylation sites (tertiary alicyclic amines) is 1. The Morgan fingerprint density at radius 2 is 1.58 bits per heavy atom. The summed E-state index contributed by atoms with van der Waals surface area (Å²) in [5.41, 5.74) is 0.470. The SMILES string of the molecule is O=C(OC1(C(=O)NO)CCCCC1)N1CCCCC1. The standard InChI is InChI=1S/C13H22N2O4/c16-11(14-18)13(7-3-1-4-8-13)19-12(17)15-9-5-2-6-10-15/h18H,1-10H2,(H,14,16). The second-order valence-corrected chi connectivity index (χ2v) is 5.41. The number of rotatable bonds is 2. The molecule has 108 valence electrons. The average Bonchev–Trinajstić information content (AvgIpc) is 2.48. The summed E-state index contributed by atoms with van der Waals surface area (Å²) in [6.07, 6.45) is 6.33. The Labute approximate surface area is 113 Å². The summed E-state index contributed by atoms with van der Waals surface area (Å²) in [6.45, 7) is 1.38. The minimum Gasteiger partial charge on any atom is -0.433 e. The number of carbonyl (C=O) groups excluding carboxylic acids is 2. The number of ether oxygens (including phenoxy) is 1. The number of hydrogen-bond donors (Lipinski definition) is 2. The minimum atomic E-state index is -1.18. The fourth-order valence-electron chi connectivity index (χ4n) is 2.91. The summed E-state index contributed by atoms with van der Waals surface area (Å²) < 4.78 is 5.49. The van der Waals surface area contributed by atoms with Crippen molar-refractivity contribution in [2.24, 2.45) is 0 Å². The molecule has 2 fully saturated rings. The molecule has 0 atom stereocenters. The molecule has 1 saturated carbocycles. The molecule has 0 aromatic carbocycles. The molecule has 0 aromatic rings. The van der Waals surface area contributed by atoms with Gasteiger partial charge in [0.05, 0.1) is 0 Å². The van der Waals surface area contributed by atoms with Gasteiger partial charge in [-0.2, -0.15) is 0 Å². The fraction of sp³-hybridized carbons (Fsp3) is 0.846. The highest BCUT2D eigenvalue weighted by Gasteiger charge is 2.44. The number of carbonyl (C=O) groups is 2. The van der Waals surface area contributed by atoms with Crippen molar-refractivity contribution in [3.63, 3.8) is 0 Å². The molecule has 2 rings (SSSR count). The number of amides is 2. The summed E-state index contributed by atoms with van der Waals surface area (Å²) in [5, 5.41) is 8.87. The third kappa shape index (κ3) is 3.18. The lowest BCUT2D eigenvalue weighted by Crippen LogP contribution is -2.52. The number of hydrogen-bond acceptors (Lipinski definition) is 4. The van der Waals surface area contributed by atoms with Crippen molar-refractivity contribution >= 4 is 12.0 Å². The van der Waals surface area contributed by atoms with Gasteiger partial charge in [-0.25, -0.2) is 10.3 Å². The van der Waals surface area contributed by atoms with Gasteiger partial charge in [0.25, 0.3) is 5.91 Å². The van der Waals surface area contributed by atoms with Gasteiger partial charge in [-0.1, -0.05) is 6.42 Å². The topological polar surface area (TPSA) is 78.9 Å². The lowest BCUT2D eigenvalue weighted by Gasteiger charge is -2.37. The van der Waals surface area contributed by atoms with Gasteiger partial charge in [0.1, 0.15) is 0 Å². The van der Waals surface area contributed by atoms with Crippen LogP contribution in [0.1, 0.15) is 51.4 Å². The molecule has 1 saturated heterocycles. The quantitative estimate of drug-likeness (QED) is 0.592. The maximum absolute atomic E-state index is 12.1. The first kappa shape index (κ1) is 14.1. The van der Waals surface area contributed by atoms with Crippen molar-refractivity contribution in [1.29, 1.82) is 0 Å². The minimum absolute atomic E-state index is 0.426. The third-order valence-corrected chi connectivity index (χ3v) is 4.07. The van der Waals surface area contributed by atoms with E-state index in [4.69, 9.17) is 9.94 Å². The van der Waals surface area contributed by atoms with Crippen molar-refractivity contribution in [3.8, 4) is 0 Å². The Kier molecular flexibility index (Phi) is 4.63. The van der Waals surface area contributed by atoms with Crippen LogP contribution in [0.15, 0.2) is 0 Å². The van der Waals surface area contributed by atoms with Crippen LogP contribution in [-0.2, 0) is 9.53 Å². The Morgan fingerprint density at radius 3 is 2.16 bits per heavy atom. The van der Waals surface area contributed by atoms with Gasteiger partial charge in [-0.3, -0.25) is 10.0 Å². The van der Waals surface area contributed by atoms with Crippen LogP contribution in [0.4, 0.5) is 4.79 Å². The molecular weight excluding hydrogens is 248 g/mol. The van der Waals surface area contributed by atoms with Crippen LogP contribution in [0.25, 0.3) is 0 Å². The van der Waals surface area contributed by atoms with E-state index in [2.05, 4.69) is 0 Å². The van der Waals surface area contributed by atoms with Crippen molar-refractivity contribution in [2.75, 3.05) is 13.1 Å². The summed E-state index contributed by atoms with van der Waals surface area (Å²) in [7, 11) is 0. The highest BCUT2D eigenvalue weighted by atomic mass is 16.6. The number of nitrogens with zero attached hydrogens (tertiary/aromatic N) is 1. The van der Waals surface area contributed by atoms with Crippen LogP contribution in [0.3, 0.4) is 0 Å². The molecule has 1 aliphatic heterocycles. The van der Waals surface area contributed by atoms with E-state index in [-0.39, 0.29) is 0 Å². The molecule has 1 aliphatic carbocycles. The van der Waals surface area contributed by atoms with E-state index >= 15 is 0 Å². The highest BCUT2D eigenvalue weighted by Crippen LogP contribution is 2.32. The first-order chi connectivity index (χ1) is 9.18. The van der Waals surface area contributed by atoms with Crippen LogP contribution in [0, 0.1) is 0 Å². The number of piperidine rings is 1. The monoisotopic (exact) mass is 270 g/mol. The van der Waals surface area contributed by atoms with E-state index in [0.29, 0.717) is 25.9 Å². The normalized spacial score (nSPS) is 22.7. The number of hydroxylamine groups is 1. The Balaban J connectivity index is 2.02. The van der Waals surface area contributed by atoms with Gasteiger partial charge in [-0.15, -0.1) is 0 Å². The summed E-state index contributed by atoms with van der Waals surface area (Å²) in [4.78, 5) is 25.6. The van der Waals surface area contributed by atoms with E-state index in [0.717, 1.165) is 38.5 Å². The van der Waals surface area contributed by atoms with Crippen LogP contribution < -0.4 is 5.48 Å². The van der Waals surface area contributed by atoms with Crippen LogP contribution in [0.2, 0.25) is 0 Å². The van der Waals surface area contributed by atoms with E-state index < -0.39 is 17.6 Å². The maximum Gasteiger partial charge on any atom is 0.410 e. The maximum atomic E-state index is 12.1. The first-order valence-electron chi connectivity index (χ1n) is 7.10. The van der Waals surface area contributed by atoms with E-state index in [1.165, 1.54) is 0 Å². The Morgan fingerprint density at radius 1 is 1.00 bits per heavy atom. The summed E-state index contributed by atoms with van der Waals surface area (Å²) in [5.74, 6) is -0.599. The third-order valence-electron chi connectivity index (χ3n) is 4.07. The lowest BCUT2D eigenvalue weighted by molar-refractivity contribution is -0.153. The molecule has 0 spiro atoms. The van der Waals surface area contributed by atoms with Crippen molar-refractivity contribution in [3.05, 3.63) is 0 Å². The summed E-state index contributed by atoms with van der Waals surface area (Å²) >= 11 is 0. The van der Waals surface area contributed by atoms with Crippen molar-refractivity contribution in [2.45, 2.75) is 57.0 Å². The second-order valence-electron chi connectivity index (χ2n) is 5.41. The molecule has 1 heterocycles. The zero-order chi connectivity index (χ0) is 13.7. The molecule has 2 N–H and O–H groups in total. The van der Waals surface area contributed by atoms with Crippen molar-refractivity contribution in [1.82, 2.24) is 10.4 Å². The predicted octanol–water partition coefficient (Wildman–Crippen LogP) is 1.82. The molecule has 0 aromatic heterocycles. The smallest absolute Gasteiger partial charge is 0.410 e. The Bertz CT molecular complexity index is 334. The molecular formula is C13H22N2O4. The molecule has 0 bridgehead atoms. The van der Waals surface area contributed by atoms with E-state index in [9.17, 15) is 9.59 Å². The van der Waals surface area contributed by atoms with Gasteiger partial charge in [0, 0.05) is 13.1 Å². The van der Waals surface area contributed by atoms with Gasteiger partial charge in [-0.05, 0) is 44.9 Å². The molecule has 0 unspecified atom stereocenters. The zero-order valence-electron chi connectivity index (χ0n) is 11.2. The summed E-state index contributed by atoms with van der Waals surface area (Å²) in [6, 6.07) is 0. The second kappa shape index (κ2) is 6.23. The molecule has 2 amide bonds. The molecule has 6 nitrogen and oxygen atoms in total. The fourth-order valence-corrected chi connectivity index (χ4v) is 2.91. The zero-order valence-corrected chi connectivity index (χ0v) is 11.2. The van der Waals surface area contributed by atoms with Gasteiger partial charge in [0.2, 0.25) is 0 Å². The average molecular weight is 270 g/mol. The first-order valence-corrected chi connectivity index (χ1v) is 7.10. The Hall–Kier alpha value is -1.30. The van der Waals surface area contributed by atoms with Crippen LogP contribution >= 0.6 is 0 Å². The van der Waals surface area contributed by atoms with Crippen LogP contribution in [-0.4, -0.2) is 40.8 Å².